The molecule has 0 amide bonds. The normalized spacial score (nSPS) is 10.0. The van der Waals surface area contributed by atoms with Crippen LogP contribution in [0.3, 0.4) is 0 Å². The molecule has 0 radical (unpaired) electrons. The van der Waals surface area contributed by atoms with Crippen LogP contribution in [-0.4, -0.2) is 0 Å². The second-order valence-electron chi connectivity index (χ2n) is 3.37. The van der Waals surface area contributed by atoms with Gasteiger partial charge < -0.3 is 4.74 Å². The summed E-state index contributed by atoms with van der Waals surface area (Å²) in [5.41, 5.74) is 1.21. The van der Waals surface area contributed by atoms with Gasteiger partial charge >= 0.3 is 0 Å². The fourth-order valence-electron chi connectivity index (χ4n) is 1.32. The first kappa shape index (κ1) is 10.5. The third-order valence-corrected chi connectivity index (χ3v) is 2.76. The van der Waals surface area contributed by atoms with Crippen molar-refractivity contribution in [1.29, 1.82) is 0 Å². The van der Waals surface area contributed by atoms with E-state index < -0.39 is 0 Å². The first-order chi connectivity index (χ1) is 7.24. The number of hydrogen-bond acceptors (Lipinski definition) is 1. The van der Waals surface area contributed by atoms with Gasteiger partial charge in [0.05, 0.1) is 0 Å². The molecule has 0 fully saturated rings. The predicted molar refractivity (Wildman–Crippen MR) is 70.4 cm³/mol. The average molecular weight is 310 g/mol. The molecular weight excluding hydrogens is 299 g/mol. The molecule has 76 valence electrons. The molecule has 0 unspecified atom stereocenters. The zero-order chi connectivity index (χ0) is 10.7. The number of halogens is 1. The monoisotopic (exact) mass is 310 g/mol. The van der Waals surface area contributed by atoms with Gasteiger partial charge in [-0.3, -0.25) is 0 Å². The molecule has 0 aliphatic rings. The van der Waals surface area contributed by atoms with Crippen LogP contribution in [-0.2, 0) is 0 Å². The van der Waals surface area contributed by atoms with Crippen molar-refractivity contribution in [3.63, 3.8) is 0 Å². The van der Waals surface area contributed by atoms with Crippen molar-refractivity contribution in [2.24, 2.45) is 0 Å². The fraction of sp³-hybridized carbons (Fsp3) is 0.0769. The van der Waals surface area contributed by atoms with Crippen molar-refractivity contribution in [2.75, 3.05) is 0 Å². The zero-order valence-electron chi connectivity index (χ0n) is 8.41. The van der Waals surface area contributed by atoms with E-state index in [1.165, 1.54) is 9.13 Å². The summed E-state index contributed by atoms with van der Waals surface area (Å²) in [7, 11) is 0. The van der Waals surface area contributed by atoms with Gasteiger partial charge in [0.25, 0.3) is 0 Å². The third-order valence-electron chi connectivity index (χ3n) is 2.04. The molecule has 2 rings (SSSR count). The maximum atomic E-state index is 5.71. The van der Waals surface area contributed by atoms with Crippen LogP contribution in [0.15, 0.2) is 48.5 Å². The lowest BCUT2D eigenvalue weighted by Crippen LogP contribution is -1.84. The minimum Gasteiger partial charge on any atom is -0.457 e. The topological polar surface area (TPSA) is 9.23 Å². The van der Waals surface area contributed by atoms with Crippen molar-refractivity contribution in [3.8, 4) is 11.5 Å². The Hall–Kier alpha value is -1.03. The number of rotatable bonds is 2. The van der Waals surface area contributed by atoms with Gasteiger partial charge in [0.2, 0.25) is 0 Å². The highest BCUT2D eigenvalue weighted by Gasteiger charge is 1.96. The molecule has 1 nitrogen and oxygen atoms in total. The highest BCUT2D eigenvalue weighted by Crippen LogP contribution is 2.22. The molecule has 0 aliphatic carbocycles. The maximum absolute atomic E-state index is 5.71. The van der Waals surface area contributed by atoms with E-state index in [-0.39, 0.29) is 0 Å². The van der Waals surface area contributed by atoms with Gasteiger partial charge in [0.15, 0.2) is 0 Å². The molecule has 0 spiro atoms. The Morgan fingerprint density at radius 1 is 0.933 bits per heavy atom. The molecule has 0 saturated heterocycles. The van der Waals surface area contributed by atoms with Crippen LogP contribution < -0.4 is 4.74 Å². The van der Waals surface area contributed by atoms with Crippen LogP contribution in [0.5, 0.6) is 11.5 Å². The SMILES string of the molecule is Cc1cccc(Oc2ccc(I)cc2)c1. The molecule has 2 heteroatoms. The van der Waals surface area contributed by atoms with E-state index >= 15 is 0 Å². The van der Waals surface area contributed by atoms with Gasteiger partial charge in [0.1, 0.15) is 11.5 Å². The van der Waals surface area contributed by atoms with Crippen molar-refractivity contribution < 1.29 is 4.74 Å². The third kappa shape index (κ3) is 2.96. The summed E-state index contributed by atoms with van der Waals surface area (Å²) in [5, 5.41) is 0. The summed E-state index contributed by atoms with van der Waals surface area (Å²) in [6.07, 6.45) is 0. The van der Waals surface area contributed by atoms with E-state index in [2.05, 4.69) is 35.6 Å². The summed E-state index contributed by atoms with van der Waals surface area (Å²) in [5.74, 6) is 1.76. The first-order valence-electron chi connectivity index (χ1n) is 4.74. The predicted octanol–water partition coefficient (Wildman–Crippen LogP) is 4.39. The van der Waals surface area contributed by atoms with E-state index in [1.807, 2.05) is 42.5 Å². The quantitative estimate of drug-likeness (QED) is 0.748. The summed E-state index contributed by atoms with van der Waals surface area (Å²) < 4.78 is 6.92. The second-order valence-corrected chi connectivity index (χ2v) is 4.62. The van der Waals surface area contributed by atoms with Crippen molar-refractivity contribution in [1.82, 2.24) is 0 Å². The molecule has 0 saturated carbocycles. The summed E-state index contributed by atoms with van der Waals surface area (Å²) in [6, 6.07) is 16.1. The molecule has 0 heterocycles. The van der Waals surface area contributed by atoms with Crippen LogP contribution >= 0.6 is 22.6 Å². The minimum absolute atomic E-state index is 0.876. The zero-order valence-corrected chi connectivity index (χ0v) is 10.6. The van der Waals surface area contributed by atoms with Gasteiger partial charge in [0, 0.05) is 3.57 Å². The Morgan fingerprint density at radius 2 is 1.67 bits per heavy atom. The minimum atomic E-state index is 0.876. The largest absolute Gasteiger partial charge is 0.457 e. The number of hydrogen-bond donors (Lipinski definition) is 0. The Balaban J connectivity index is 2.18. The van der Waals surface area contributed by atoms with E-state index in [0.29, 0.717) is 0 Å². The summed E-state index contributed by atoms with van der Waals surface area (Å²) >= 11 is 2.28. The highest BCUT2D eigenvalue weighted by atomic mass is 127. The van der Waals surface area contributed by atoms with Crippen LogP contribution in [0.1, 0.15) is 5.56 Å². The first-order valence-corrected chi connectivity index (χ1v) is 5.82. The Labute approximate surface area is 103 Å². The molecule has 0 N–H and O–H groups in total. The van der Waals surface area contributed by atoms with Gasteiger partial charge in [-0.1, -0.05) is 12.1 Å². The maximum Gasteiger partial charge on any atom is 0.127 e. The van der Waals surface area contributed by atoms with Gasteiger partial charge in [-0.05, 0) is 71.5 Å². The number of aryl methyl sites for hydroxylation is 1. The Morgan fingerprint density at radius 3 is 2.33 bits per heavy atom. The summed E-state index contributed by atoms with van der Waals surface area (Å²) in [6.45, 7) is 2.06. The smallest absolute Gasteiger partial charge is 0.127 e. The molecule has 0 aliphatic heterocycles. The van der Waals surface area contributed by atoms with Crippen LogP contribution in [0.2, 0.25) is 0 Å². The van der Waals surface area contributed by atoms with Crippen molar-refractivity contribution in [3.05, 3.63) is 57.7 Å². The Kier molecular flexibility index (Phi) is 3.26. The lowest BCUT2D eigenvalue weighted by molar-refractivity contribution is 0.482. The van der Waals surface area contributed by atoms with Crippen molar-refractivity contribution >= 4 is 22.6 Å². The van der Waals surface area contributed by atoms with Gasteiger partial charge in [-0.2, -0.15) is 0 Å². The van der Waals surface area contributed by atoms with Gasteiger partial charge in [-0.15, -0.1) is 0 Å². The molecule has 0 bridgehead atoms. The second kappa shape index (κ2) is 4.66. The van der Waals surface area contributed by atoms with Crippen LogP contribution in [0.25, 0.3) is 0 Å². The fourth-order valence-corrected chi connectivity index (χ4v) is 1.68. The highest BCUT2D eigenvalue weighted by molar-refractivity contribution is 14.1. The van der Waals surface area contributed by atoms with E-state index in [4.69, 9.17) is 4.74 Å². The number of ether oxygens (including phenoxy) is 1. The van der Waals surface area contributed by atoms with Crippen LogP contribution in [0, 0.1) is 10.5 Å². The molecular formula is C13H11IO. The van der Waals surface area contributed by atoms with E-state index in [9.17, 15) is 0 Å². The molecule has 2 aromatic rings. The van der Waals surface area contributed by atoms with E-state index in [0.717, 1.165) is 11.5 Å². The molecule has 0 atom stereocenters. The Bertz CT molecular complexity index is 448. The molecule has 0 aromatic heterocycles. The van der Waals surface area contributed by atoms with Crippen LogP contribution in [0.4, 0.5) is 0 Å². The van der Waals surface area contributed by atoms with Crippen molar-refractivity contribution in [2.45, 2.75) is 6.92 Å². The lowest BCUT2D eigenvalue weighted by atomic mass is 10.2. The standard InChI is InChI=1S/C13H11IO/c1-10-3-2-4-13(9-10)15-12-7-5-11(14)6-8-12/h2-9H,1H3. The molecule has 2 aromatic carbocycles. The average Bonchev–Trinajstić information content (AvgIpc) is 2.22. The summed E-state index contributed by atoms with van der Waals surface area (Å²) in [4.78, 5) is 0. The number of benzene rings is 2. The van der Waals surface area contributed by atoms with Gasteiger partial charge in [-0.25, -0.2) is 0 Å². The lowest BCUT2D eigenvalue weighted by Gasteiger charge is -2.05. The molecule has 15 heavy (non-hydrogen) atoms. The van der Waals surface area contributed by atoms with E-state index in [1.54, 1.807) is 0 Å².